The van der Waals surface area contributed by atoms with Gasteiger partial charge in [-0.05, 0) is 36.2 Å². The van der Waals surface area contributed by atoms with Crippen molar-refractivity contribution in [1.82, 2.24) is 9.36 Å². The minimum Gasteiger partial charge on any atom is -0.384 e. The third kappa shape index (κ3) is 3.99. The predicted molar refractivity (Wildman–Crippen MR) is 79.7 cm³/mol. The first-order valence-corrected chi connectivity index (χ1v) is 7.79. The second kappa shape index (κ2) is 6.75. The van der Waals surface area contributed by atoms with Crippen molar-refractivity contribution in [3.63, 3.8) is 0 Å². The van der Waals surface area contributed by atoms with Crippen LogP contribution in [0.15, 0.2) is 28.6 Å². The minimum absolute atomic E-state index is 0.915. The van der Waals surface area contributed by atoms with E-state index in [1.54, 1.807) is 11.8 Å². The third-order valence-electron chi connectivity index (χ3n) is 2.44. The smallest absolute Gasteiger partial charge is 0.170 e. The molecule has 3 nitrogen and oxygen atoms in total. The number of hydrogen-bond donors (Lipinski definition) is 1. The Morgan fingerprint density at radius 3 is 3.00 bits per heavy atom. The monoisotopic (exact) mass is 279 g/mol. The molecule has 0 radical (unpaired) electrons. The zero-order valence-electron chi connectivity index (χ0n) is 10.6. The summed E-state index contributed by atoms with van der Waals surface area (Å²) in [6.45, 7) is 5.12. The van der Waals surface area contributed by atoms with E-state index in [4.69, 9.17) is 0 Å². The Morgan fingerprint density at radius 2 is 2.28 bits per heavy atom. The van der Waals surface area contributed by atoms with Crippen molar-refractivity contribution in [3.8, 4) is 0 Å². The lowest BCUT2D eigenvalue weighted by Gasteiger charge is -2.05. The highest BCUT2D eigenvalue weighted by Crippen LogP contribution is 2.20. The van der Waals surface area contributed by atoms with Crippen LogP contribution in [0.25, 0.3) is 0 Å². The van der Waals surface area contributed by atoms with E-state index in [2.05, 4.69) is 52.8 Å². The fraction of sp³-hybridized carbons (Fsp3) is 0.385. The molecule has 2 rings (SSSR count). The van der Waals surface area contributed by atoms with Crippen molar-refractivity contribution >= 4 is 29.0 Å². The van der Waals surface area contributed by atoms with Gasteiger partial charge in [-0.1, -0.05) is 30.8 Å². The predicted octanol–water partition coefficient (Wildman–Crippen LogP) is 3.61. The third-order valence-corrected chi connectivity index (χ3v) is 4.31. The maximum atomic E-state index is 4.43. The van der Waals surface area contributed by atoms with Gasteiger partial charge in [-0.2, -0.15) is 4.37 Å². The Morgan fingerprint density at radius 1 is 1.39 bits per heavy atom. The van der Waals surface area contributed by atoms with Crippen molar-refractivity contribution in [2.24, 2.45) is 0 Å². The van der Waals surface area contributed by atoms with Crippen LogP contribution in [0.3, 0.4) is 0 Å². The van der Waals surface area contributed by atoms with Crippen LogP contribution in [0.5, 0.6) is 0 Å². The number of benzene rings is 1. The second-order valence-electron chi connectivity index (χ2n) is 3.97. The van der Waals surface area contributed by atoms with E-state index >= 15 is 0 Å². The van der Waals surface area contributed by atoms with Gasteiger partial charge in [0.2, 0.25) is 0 Å². The summed E-state index contributed by atoms with van der Waals surface area (Å²) >= 11 is 3.26. The largest absolute Gasteiger partial charge is 0.384 e. The molecule has 0 aliphatic carbocycles. The number of nitrogens with one attached hydrogen (secondary N) is 1. The zero-order chi connectivity index (χ0) is 12.8. The van der Waals surface area contributed by atoms with E-state index < -0.39 is 0 Å². The van der Waals surface area contributed by atoms with Crippen molar-refractivity contribution in [3.05, 3.63) is 35.7 Å². The molecular formula is C13H17N3S2. The Balaban J connectivity index is 1.72. The van der Waals surface area contributed by atoms with Crippen LogP contribution < -0.4 is 5.32 Å². The highest BCUT2D eigenvalue weighted by molar-refractivity contribution is 8.00. The van der Waals surface area contributed by atoms with E-state index in [0.29, 0.717) is 0 Å². The highest BCUT2D eigenvalue weighted by atomic mass is 32.2. The summed E-state index contributed by atoms with van der Waals surface area (Å²) in [6.07, 6.45) is 0.915. The normalized spacial score (nSPS) is 10.6. The number of nitrogens with zero attached hydrogens (tertiary/aromatic N) is 2. The van der Waals surface area contributed by atoms with Crippen LogP contribution in [0, 0.1) is 6.92 Å². The highest BCUT2D eigenvalue weighted by Gasteiger charge is 2.02. The fourth-order valence-electron chi connectivity index (χ4n) is 1.53. The fourth-order valence-corrected chi connectivity index (χ4v) is 3.15. The number of hydrogen-bond acceptors (Lipinski definition) is 5. The summed E-state index contributed by atoms with van der Waals surface area (Å²) in [6, 6.07) is 8.43. The summed E-state index contributed by atoms with van der Waals surface area (Å²) in [7, 11) is 0. The topological polar surface area (TPSA) is 37.8 Å². The molecule has 0 fully saturated rings. The SMILES string of the molecule is CCc1nsc(SCCNc2cccc(C)c2)n1. The van der Waals surface area contributed by atoms with Gasteiger partial charge in [-0.15, -0.1) is 0 Å². The van der Waals surface area contributed by atoms with Gasteiger partial charge in [0.05, 0.1) is 0 Å². The van der Waals surface area contributed by atoms with Crippen LogP contribution in [-0.4, -0.2) is 21.7 Å². The van der Waals surface area contributed by atoms with Gasteiger partial charge in [0.25, 0.3) is 0 Å². The van der Waals surface area contributed by atoms with Gasteiger partial charge in [0.1, 0.15) is 5.82 Å². The molecule has 1 heterocycles. The van der Waals surface area contributed by atoms with E-state index in [-0.39, 0.29) is 0 Å². The van der Waals surface area contributed by atoms with Gasteiger partial charge in [-0.25, -0.2) is 4.98 Å². The molecule has 5 heteroatoms. The van der Waals surface area contributed by atoms with Crippen molar-refractivity contribution < 1.29 is 0 Å². The van der Waals surface area contributed by atoms with Crippen LogP contribution in [-0.2, 0) is 6.42 Å². The lowest BCUT2D eigenvalue weighted by molar-refractivity contribution is 0.971. The molecule has 96 valence electrons. The molecule has 0 unspecified atom stereocenters. The number of aryl methyl sites for hydroxylation is 2. The summed E-state index contributed by atoms with van der Waals surface area (Å²) in [5.41, 5.74) is 2.46. The minimum atomic E-state index is 0.915. The Kier molecular flexibility index (Phi) is 5.01. The molecule has 0 aliphatic heterocycles. The lowest BCUT2D eigenvalue weighted by Crippen LogP contribution is -2.03. The van der Waals surface area contributed by atoms with Gasteiger partial charge in [0, 0.05) is 24.4 Å². The van der Waals surface area contributed by atoms with Crippen molar-refractivity contribution in [1.29, 1.82) is 0 Å². The van der Waals surface area contributed by atoms with Gasteiger partial charge >= 0.3 is 0 Å². The van der Waals surface area contributed by atoms with Crippen LogP contribution >= 0.6 is 23.3 Å². The van der Waals surface area contributed by atoms with E-state index in [9.17, 15) is 0 Å². The lowest BCUT2D eigenvalue weighted by atomic mass is 10.2. The molecule has 0 spiro atoms. The molecule has 1 aromatic carbocycles. The average Bonchev–Trinajstić information content (AvgIpc) is 2.83. The summed E-state index contributed by atoms with van der Waals surface area (Å²) in [4.78, 5) is 4.43. The number of aromatic nitrogens is 2. The second-order valence-corrected chi connectivity index (χ2v) is 6.07. The molecular weight excluding hydrogens is 262 g/mol. The van der Waals surface area contributed by atoms with Crippen molar-refractivity contribution in [2.45, 2.75) is 24.6 Å². The van der Waals surface area contributed by atoms with Crippen LogP contribution in [0.1, 0.15) is 18.3 Å². The Labute approximate surface area is 116 Å². The van der Waals surface area contributed by atoms with Gasteiger partial charge in [0.15, 0.2) is 4.34 Å². The zero-order valence-corrected chi connectivity index (χ0v) is 12.3. The quantitative estimate of drug-likeness (QED) is 0.647. The van der Waals surface area contributed by atoms with E-state index in [1.165, 1.54) is 22.8 Å². The van der Waals surface area contributed by atoms with Crippen LogP contribution in [0.4, 0.5) is 5.69 Å². The Hall–Kier alpha value is -1.07. The summed E-state index contributed by atoms with van der Waals surface area (Å²) in [5, 5.41) is 3.41. The average molecular weight is 279 g/mol. The molecule has 0 bridgehead atoms. The van der Waals surface area contributed by atoms with Gasteiger partial charge in [-0.3, -0.25) is 0 Å². The summed E-state index contributed by atoms with van der Waals surface area (Å²) in [5.74, 6) is 1.96. The van der Waals surface area contributed by atoms with Gasteiger partial charge < -0.3 is 5.32 Å². The molecule has 18 heavy (non-hydrogen) atoms. The maximum absolute atomic E-state index is 4.43. The van der Waals surface area contributed by atoms with E-state index in [1.807, 2.05) is 0 Å². The summed E-state index contributed by atoms with van der Waals surface area (Å²) < 4.78 is 5.34. The number of anilines is 1. The van der Waals surface area contributed by atoms with Crippen molar-refractivity contribution in [2.75, 3.05) is 17.6 Å². The van der Waals surface area contributed by atoms with Crippen LogP contribution in [0.2, 0.25) is 0 Å². The first-order valence-electron chi connectivity index (χ1n) is 6.04. The first kappa shape index (κ1) is 13.4. The number of rotatable bonds is 6. The standard InChI is InChI=1S/C13H17N3S2/c1-3-12-15-13(18-16-12)17-8-7-14-11-6-4-5-10(2)9-11/h4-6,9,14H,3,7-8H2,1-2H3. The first-order chi connectivity index (χ1) is 8.78. The molecule has 1 N–H and O–H groups in total. The molecule has 0 amide bonds. The molecule has 0 saturated heterocycles. The molecule has 0 saturated carbocycles. The Bertz CT molecular complexity index is 496. The molecule has 1 aromatic heterocycles. The molecule has 0 aliphatic rings. The molecule has 2 aromatic rings. The maximum Gasteiger partial charge on any atom is 0.170 e. The molecule has 0 atom stereocenters. The van der Waals surface area contributed by atoms with E-state index in [0.717, 1.165) is 28.9 Å². The number of thioether (sulfide) groups is 1.